The van der Waals surface area contributed by atoms with Crippen molar-refractivity contribution in [1.82, 2.24) is 0 Å². The molecule has 0 spiro atoms. The number of carbonyl (C=O) groups is 1. The van der Waals surface area contributed by atoms with Crippen LogP contribution in [0.15, 0.2) is 48.5 Å². The first kappa shape index (κ1) is 20.1. The Morgan fingerprint density at radius 2 is 1.88 bits per heavy atom. The lowest BCUT2D eigenvalue weighted by atomic mass is 9.93. The number of aliphatic hydroxyl groups excluding tert-OH is 1. The minimum absolute atomic E-state index is 0.0759. The largest absolute Gasteiger partial charge is 0.466 e. The highest BCUT2D eigenvalue weighted by molar-refractivity contribution is 5.72. The van der Waals surface area contributed by atoms with E-state index in [4.69, 9.17) is 15.6 Å². The number of carbonyl (C=O) groups excluding carboxylic acids is 1. The third kappa shape index (κ3) is 5.64. The highest BCUT2D eigenvalue weighted by Gasteiger charge is 2.22. The molecule has 0 aromatic heterocycles. The van der Waals surface area contributed by atoms with Gasteiger partial charge < -0.3 is 15.6 Å². The summed E-state index contributed by atoms with van der Waals surface area (Å²) in [4.78, 5) is 11.9. The fourth-order valence-electron chi connectivity index (χ4n) is 3.02. The molecule has 0 unspecified atom stereocenters. The Bertz CT molecular complexity index is 703. The summed E-state index contributed by atoms with van der Waals surface area (Å²) >= 11 is 0. The lowest BCUT2D eigenvalue weighted by Gasteiger charge is -2.19. The second kappa shape index (κ2) is 10.0. The number of rotatable bonds is 9. The number of benzene rings is 2. The average molecular weight is 359 g/mol. The maximum atomic E-state index is 13.9. The van der Waals surface area contributed by atoms with Crippen molar-refractivity contribution in [2.75, 3.05) is 13.2 Å². The van der Waals surface area contributed by atoms with Crippen LogP contribution in [0.25, 0.3) is 11.1 Å². The van der Waals surface area contributed by atoms with E-state index < -0.39 is 5.92 Å². The molecule has 5 heteroatoms. The highest BCUT2D eigenvalue weighted by Crippen LogP contribution is 2.23. The van der Waals surface area contributed by atoms with E-state index in [2.05, 4.69) is 0 Å². The Labute approximate surface area is 153 Å². The van der Waals surface area contributed by atoms with Crippen LogP contribution in [-0.4, -0.2) is 30.3 Å². The van der Waals surface area contributed by atoms with Crippen molar-refractivity contribution in [2.45, 2.75) is 32.2 Å². The van der Waals surface area contributed by atoms with E-state index in [9.17, 15) is 9.18 Å². The van der Waals surface area contributed by atoms with E-state index in [1.165, 1.54) is 6.07 Å². The molecule has 2 aromatic carbocycles. The Balaban J connectivity index is 1.99. The van der Waals surface area contributed by atoms with Gasteiger partial charge in [-0.15, -0.1) is 0 Å². The Hall–Kier alpha value is -2.24. The molecule has 3 N–H and O–H groups in total. The van der Waals surface area contributed by atoms with Crippen LogP contribution in [0.3, 0.4) is 0 Å². The fraction of sp³-hybridized carbons (Fsp3) is 0.381. The summed E-state index contributed by atoms with van der Waals surface area (Å²) in [5, 5.41) is 9.14. The summed E-state index contributed by atoms with van der Waals surface area (Å²) in [5.41, 5.74) is 8.59. The minimum Gasteiger partial charge on any atom is -0.466 e. The first-order chi connectivity index (χ1) is 12.5. The van der Waals surface area contributed by atoms with Gasteiger partial charge in [-0.3, -0.25) is 4.79 Å². The zero-order valence-electron chi connectivity index (χ0n) is 15.0. The maximum absolute atomic E-state index is 13.9. The van der Waals surface area contributed by atoms with Gasteiger partial charge in [-0.2, -0.15) is 0 Å². The molecule has 0 fully saturated rings. The van der Waals surface area contributed by atoms with Crippen LogP contribution in [0.4, 0.5) is 4.39 Å². The molecule has 0 amide bonds. The summed E-state index contributed by atoms with van der Waals surface area (Å²) in [7, 11) is 0. The summed E-state index contributed by atoms with van der Waals surface area (Å²) in [6.07, 6.45) is 1.39. The van der Waals surface area contributed by atoms with Crippen molar-refractivity contribution in [2.24, 2.45) is 11.7 Å². The van der Waals surface area contributed by atoms with Gasteiger partial charge in [-0.05, 0) is 43.4 Å². The van der Waals surface area contributed by atoms with E-state index in [0.29, 0.717) is 31.4 Å². The van der Waals surface area contributed by atoms with Crippen LogP contribution in [-0.2, 0) is 16.0 Å². The molecule has 0 saturated carbocycles. The van der Waals surface area contributed by atoms with Gasteiger partial charge in [0.1, 0.15) is 5.82 Å². The number of ether oxygens (including phenoxy) is 1. The van der Waals surface area contributed by atoms with Gasteiger partial charge in [-0.25, -0.2) is 4.39 Å². The molecule has 140 valence electrons. The number of nitrogens with two attached hydrogens (primary N) is 1. The molecule has 0 aliphatic heterocycles. The second-order valence-corrected chi connectivity index (χ2v) is 6.34. The highest BCUT2D eigenvalue weighted by atomic mass is 19.1. The number of esters is 1. The topological polar surface area (TPSA) is 72.5 Å². The predicted molar refractivity (Wildman–Crippen MR) is 100.0 cm³/mol. The molecule has 2 rings (SSSR count). The van der Waals surface area contributed by atoms with E-state index in [1.807, 2.05) is 24.3 Å². The van der Waals surface area contributed by atoms with Crippen LogP contribution in [0.1, 0.15) is 25.3 Å². The van der Waals surface area contributed by atoms with Gasteiger partial charge in [0, 0.05) is 18.2 Å². The van der Waals surface area contributed by atoms with Crippen molar-refractivity contribution >= 4 is 5.97 Å². The second-order valence-electron chi connectivity index (χ2n) is 6.34. The lowest BCUT2D eigenvalue weighted by Crippen LogP contribution is -2.30. The van der Waals surface area contributed by atoms with Crippen molar-refractivity contribution < 1.29 is 19.0 Å². The smallest absolute Gasteiger partial charge is 0.309 e. The molecule has 4 nitrogen and oxygen atoms in total. The first-order valence-corrected chi connectivity index (χ1v) is 8.92. The standard InChI is InChI=1S/C21H26FNO3/c1-2-26-21(25)17(11-12-24)14-18(23)13-15-7-9-16(10-8-15)19-5-3-4-6-20(19)22/h3-10,17-18,24H,2,11-14,23H2,1H3/t17-,18-/m1/s1. The van der Waals surface area contributed by atoms with Gasteiger partial charge in [0.05, 0.1) is 12.5 Å². The summed E-state index contributed by atoms with van der Waals surface area (Å²) in [5.74, 6) is -0.960. The van der Waals surface area contributed by atoms with Crippen LogP contribution in [0.5, 0.6) is 0 Å². The molecule has 0 aliphatic carbocycles. The maximum Gasteiger partial charge on any atom is 0.309 e. The van der Waals surface area contributed by atoms with Gasteiger partial charge in [0.2, 0.25) is 0 Å². The molecular weight excluding hydrogens is 333 g/mol. The van der Waals surface area contributed by atoms with Gasteiger partial charge in [-0.1, -0.05) is 42.5 Å². The molecule has 2 atom stereocenters. The van der Waals surface area contributed by atoms with Crippen molar-refractivity contribution in [3.05, 3.63) is 59.9 Å². The van der Waals surface area contributed by atoms with E-state index in [-0.39, 0.29) is 24.4 Å². The summed E-state index contributed by atoms with van der Waals surface area (Å²) in [6, 6.07) is 14.0. The van der Waals surface area contributed by atoms with Gasteiger partial charge in [0.25, 0.3) is 0 Å². The van der Waals surface area contributed by atoms with Crippen LogP contribution in [0.2, 0.25) is 0 Å². The van der Waals surface area contributed by atoms with E-state index >= 15 is 0 Å². The minimum atomic E-state index is -0.396. The van der Waals surface area contributed by atoms with E-state index in [0.717, 1.165) is 11.1 Å². The van der Waals surface area contributed by atoms with Crippen LogP contribution in [0, 0.1) is 11.7 Å². The summed E-state index contributed by atoms with van der Waals surface area (Å²) < 4.78 is 18.9. The fourth-order valence-corrected chi connectivity index (χ4v) is 3.02. The number of hydrogen-bond donors (Lipinski definition) is 2. The number of aliphatic hydroxyl groups is 1. The zero-order chi connectivity index (χ0) is 18.9. The number of hydrogen-bond acceptors (Lipinski definition) is 4. The molecule has 26 heavy (non-hydrogen) atoms. The van der Waals surface area contributed by atoms with Crippen LogP contribution < -0.4 is 5.73 Å². The van der Waals surface area contributed by atoms with Gasteiger partial charge >= 0.3 is 5.97 Å². The average Bonchev–Trinajstić information content (AvgIpc) is 2.63. The quantitative estimate of drug-likeness (QED) is 0.674. The molecule has 0 heterocycles. The van der Waals surface area contributed by atoms with Crippen molar-refractivity contribution in [3.63, 3.8) is 0 Å². The molecule has 2 aromatic rings. The third-order valence-corrected chi connectivity index (χ3v) is 4.32. The monoisotopic (exact) mass is 359 g/mol. The first-order valence-electron chi connectivity index (χ1n) is 8.92. The lowest BCUT2D eigenvalue weighted by molar-refractivity contribution is -0.149. The Morgan fingerprint density at radius 1 is 1.19 bits per heavy atom. The van der Waals surface area contributed by atoms with Crippen molar-refractivity contribution in [3.8, 4) is 11.1 Å². The SMILES string of the molecule is CCOC(=O)[C@H](CCO)C[C@H](N)Cc1ccc(-c2ccccc2F)cc1. The van der Waals surface area contributed by atoms with Crippen molar-refractivity contribution in [1.29, 1.82) is 0 Å². The summed E-state index contributed by atoms with van der Waals surface area (Å²) in [6.45, 7) is 1.99. The Kier molecular flexibility index (Phi) is 7.75. The number of halogens is 1. The molecular formula is C21H26FNO3. The molecule has 0 saturated heterocycles. The van der Waals surface area contributed by atoms with Crippen LogP contribution >= 0.6 is 0 Å². The van der Waals surface area contributed by atoms with Gasteiger partial charge in [0.15, 0.2) is 0 Å². The molecule has 0 radical (unpaired) electrons. The van der Waals surface area contributed by atoms with E-state index in [1.54, 1.807) is 25.1 Å². The Morgan fingerprint density at radius 3 is 2.50 bits per heavy atom. The third-order valence-electron chi connectivity index (χ3n) is 4.32. The molecule has 0 bridgehead atoms. The predicted octanol–water partition coefficient (Wildman–Crippen LogP) is 3.31. The normalized spacial score (nSPS) is 13.2. The zero-order valence-corrected chi connectivity index (χ0v) is 15.0. The molecule has 0 aliphatic rings.